The van der Waals surface area contributed by atoms with Crippen LogP contribution in [0.1, 0.15) is 13.8 Å². The Balaban J connectivity index is 0. The molecule has 0 aromatic carbocycles. The summed E-state index contributed by atoms with van der Waals surface area (Å²) in [5.41, 5.74) is 0. The van der Waals surface area contributed by atoms with E-state index < -0.39 is 12.6 Å². The Morgan fingerprint density at radius 3 is 1.44 bits per heavy atom. The fourth-order valence-electron chi connectivity index (χ4n) is 0. The molecule has 0 aromatic heterocycles. The van der Waals surface area contributed by atoms with Crippen molar-refractivity contribution < 1.29 is 19.8 Å². The molecule has 0 saturated carbocycles. The molecule has 0 unspecified atom stereocenters. The summed E-state index contributed by atoms with van der Waals surface area (Å²) in [6.45, 7) is 2.28. The van der Waals surface area contributed by atoms with Crippen LogP contribution < -0.4 is 0 Å². The molecule has 0 bridgehead atoms. The Morgan fingerprint density at radius 1 is 1.33 bits per heavy atom. The van der Waals surface area contributed by atoms with E-state index in [1.807, 2.05) is 0 Å². The molecular formula is C5H10O4. The van der Waals surface area contributed by atoms with E-state index in [4.69, 9.17) is 15.0 Å². The normalized spacial score (nSPS) is 7.00. The van der Waals surface area contributed by atoms with Gasteiger partial charge in [-0.1, -0.05) is 0 Å². The summed E-state index contributed by atoms with van der Waals surface area (Å²) in [4.78, 5) is 18.6. The second kappa shape index (κ2) is 7.10. The summed E-state index contributed by atoms with van der Waals surface area (Å²) >= 11 is 0. The van der Waals surface area contributed by atoms with Gasteiger partial charge < -0.3 is 15.0 Å². The van der Waals surface area contributed by atoms with Crippen LogP contribution in [-0.4, -0.2) is 28.6 Å². The molecule has 0 heterocycles. The quantitative estimate of drug-likeness (QED) is 0.514. The van der Waals surface area contributed by atoms with Gasteiger partial charge in [0.05, 0.1) is 0 Å². The molecular weight excluding hydrogens is 124 g/mol. The lowest BCUT2D eigenvalue weighted by Gasteiger charge is -1.72. The summed E-state index contributed by atoms with van der Waals surface area (Å²) in [6, 6.07) is 0. The summed E-state index contributed by atoms with van der Waals surface area (Å²) < 4.78 is 0. The summed E-state index contributed by atoms with van der Waals surface area (Å²) in [5, 5.41) is 15.0. The highest BCUT2D eigenvalue weighted by Crippen LogP contribution is 1.50. The first-order chi connectivity index (χ1) is 4.00. The van der Waals surface area contributed by atoms with Crippen molar-refractivity contribution in [2.24, 2.45) is 0 Å². The number of rotatable bonds is 1. The van der Waals surface area contributed by atoms with Crippen LogP contribution in [0.4, 0.5) is 0 Å². The standard InChI is InChI=1S/C3H6O.C2H4O3/c1-3(2)4;3-1-2(4)5/h1-2H3;3H,1H2,(H,4,5). The predicted octanol–water partition coefficient (Wildman–Crippen LogP) is -0.341. The zero-order valence-electron chi connectivity index (χ0n) is 5.42. The van der Waals surface area contributed by atoms with Crippen LogP contribution in [0, 0.1) is 0 Å². The minimum Gasteiger partial charge on any atom is -0.480 e. The maximum absolute atomic E-state index is 9.44. The number of carbonyl (C=O) groups is 2. The average molecular weight is 134 g/mol. The molecule has 0 rings (SSSR count). The summed E-state index contributed by atoms with van der Waals surface area (Å²) in [5.74, 6) is -1.02. The molecule has 0 aliphatic rings. The van der Waals surface area contributed by atoms with E-state index in [-0.39, 0.29) is 5.78 Å². The van der Waals surface area contributed by atoms with Crippen molar-refractivity contribution in [2.45, 2.75) is 13.8 Å². The number of hydrogen-bond donors (Lipinski definition) is 2. The van der Waals surface area contributed by atoms with Crippen LogP contribution in [0.25, 0.3) is 0 Å². The number of carboxylic acid groups (broad SMARTS) is 1. The summed E-state index contributed by atoms with van der Waals surface area (Å²) in [7, 11) is 0. The molecule has 0 aromatic rings. The van der Waals surface area contributed by atoms with Gasteiger partial charge >= 0.3 is 5.97 Å². The van der Waals surface area contributed by atoms with E-state index in [9.17, 15) is 4.79 Å². The molecule has 0 aliphatic heterocycles. The molecule has 2 N–H and O–H groups in total. The first-order valence-corrected chi connectivity index (χ1v) is 2.30. The molecule has 4 heteroatoms. The second-order valence-corrected chi connectivity index (χ2v) is 1.46. The average Bonchev–Trinajstić information content (AvgIpc) is 1.65. The monoisotopic (exact) mass is 134 g/mol. The van der Waals surface area contributed by atoms with Gasteiger partial charge in [0, 0.05) is 0 Å². The highest BCUT2D eigenvalue weighted by molar-refractivity contribution is 5.72. The van der Waals surface area contributed by atoms with Crippen molar-refractivity contribution in [2.75, 3.05) is 6.61 Å². The third-order valence-corrected chi connectivity index (χ3v) is 0.135. The minimum absolute atomic E-state index is 0.167. The maximum atomic E-state index is 9.44. The molecule has 0 saturated heterocycles. The number of aliphatic carboxylic acids is 1. The van der Waals surface area contributed by atoms with Crippen LogP contribution >= 0.6 is 0 Å². The minimum atomic E-state index is -1.19. The van der Waals surface area contributed by atoms with Crippen molar-refractivity contribution in [3.63, 3.8) is 0 Å². The lowest BCUT2D eigenvalue weighted by Crippen LogP contribution is -1.98. The fourth-order valence-corrected chi connectivity index (χ4v) is 0. The van der Waals surface area contributed by atoms with Gasteiger partial charge in [-0.3, -0.25) is 0 Å². The van der Waals surface area contributed by atoms with Crippen LogP contribution in [0.15, 0.2) is 0 Å². The van der Waals surface area contributed by atoms with Crippen molar-refractivity contribution in [1.29, 1.82) is 0 Å². The van der Waals surface area contributed by atoms with Crippen LogP contribution in [0.2, 0.25) is 0 Å². The highest BCUT2D eigenvalue weighted by atomic mass is 16.4. The Hall–Kier alpha value is -0.900. The van der Waals surface area contributed by atoms with Gasteiger partial charge in [-0.25, -0.2) is 4.79 Å². The molecule has 0 atom stereocenters. The SMILES string of the molecule is CC(C)=O.O=C(O)CO. The smallest absolute Gasteiger partial charge is 0.329 e. The number of aliphatic hydroxyl groups excluding tert-OH is 1. The molecule has 0 aliphatic carbocycles. The number of hydrogen-bond acceptors (Lipinski definition) is 3. The van der Waals surface area contributed by atoms with E-state index in [0.717, 1.165) is 0 Å². The van der Waals surface area contributed by atoms with Gasteiger partial charge in [-0.15, -0.1) is 0 Å². The van der Waals surface area contributed by atoms with Gasteiger partial charge in [-0.05, 0) is 13.8 Å². The van der Waals surface area contributed by atoms with E-state index in [1.165, 1.54) is 13.8 Å². The largest absolute Gasteiger partial charge is 0.480 e. The summed E-state index contributed by atoms with van der Waals surface area (Å²) in [6.07, 6.45) is 0. The molecule has 4 nitrogen and oxygen atoms in total. The van der Waals surface area contributed by atoms with Gasteiger partial charge in [0.25, 0.3) is 0 Å². The molecule has 9 heavy (non-hydrogen) atoms. The lowest BCUT2D eigenvalue weighted by atomic mass is 10.6. The van der Waals surface area contributed by atoms with Crippen molar-refractivity contribution in [1.82, 2.24) is 0 Å². The van der Waals surface area contributed by atoms with Crippen molar-refractivity contribution in [3.05, 3.63) is 0 Å². The molecule has 54 valence electrons. The Kier molecular flexibility index (Phi) is 8.66. The number of aliphatic hydroxyl groups is 1. The van der Waals surface area contributed by atoms with E-state index in [1.54, 1.807) is 0 Å². The number of carboxylic acids is 1. The lowest BCUT2D eigenvalue weighted by molar-refractivity contribution is -0.140. The molecule has 0 amide bonds. The maximum Gasteiger partial charge on any atom is 0.329 e. The van der Waals surface area contributed by atoms with Crippen molar-refractivity contribution >= 4 is 11.8 Å². The molecule has 0 spiro atoms. The molecule has 0 radical (unpaired) electrons. The van der Waals surface area contributed by atoms with E-state index >= 15 is 0 Å². The number of ketones is 1. The Bertz CT molecular complexity index is 93.1. The van der Waals surface area contributed by atoms with Gasteiger partial charge in [0.15, 0.2) is 0 Å². The Labute approximate surface area is 53.1 Å². The second-order valence-electron chi connectivity index (χ2n) is 1.46. The first kappa shape index (κ1) is 11.0. The van der Waals surface area contributed by atoms with E-state index in [2.05, 4.69) is 0 Å². The third kappa shape index (κ3) is 153. The zero-order chi connectivity index (χ0) is 7.86. The molecule has 0 fully saturated rings. The van der Waals surface area contributed by atoms with Gasteiger partial charge in [0.2, 0.25) is 0 Å². The highest BCUT2D eigenvalue weighted by Gasteiger charge is 1.82. The van der Waals surface area contributed by atoms with Crippen LogP contribution in [0.5, 0.6) is 0 Å². The predicted molar refractivity (Wildman–Crippen MR) is 31.1 cm³/mol. The zero-order valence-corrected chi connectivity index (χ0v) is 5.42. The topological polar surface area (TPSA) is 74.6 Å². The number of Topliss-reactive ketones (excluding diaryl/α,β-unsaturated/α-hetero) is 1. The van der Waals surface area contributed by atoms with Crippen LogP contribution in [-0.2, 0) is 9.59 Å². The fraction of sp³-hybridized carbons (Fsp3) is 0.600. The first-order valence-electron chi connectivity index (χ1n) is 2.30. The van der Waals surface area contributed by atoms with E-state index in [0.29, 0.717) is 0 Å². The number of carbonyl (C=O) groups excluding carboxylic acids is 1. The Morgan fingerprint density at radius 2 is 1.44 bits per heavy atom. The van der Waals surface area contributed by atoms with Crippen molar-refractivity contribution in [3.8, 4) is 0 Å². The van der Waals surface area contributed by atoms with Gasteiger partial charge in [0.1, 0.15) is 12.4 Å². The van der Waals surface area contributed by atoms with Crippen LogP contribution in [0.3, 0.4) is 0 Å². The van der Waals surface area contributed by atoms with Gasteiger partial charge in [-0.2, -0.15) is 0 Å². The third-order valence-electron chi connectivity index (χ3n) is 0.135.